The zero-order chi connectivity index (χ0) is 12.3. The van der Waals surface area contributed by atoms with Gasteiger partial charge in [0, 0.05) is 26.0 Å². The fourth-order valence-corrected chi connectivity index (χ4v) is 2.19. The molecular weight excluding hydrogens is 218 g/mol. The van der Waals surface area contributed by atoms with Gasteiger partial charge in [-0.2, -0.15) is 0 Å². The number of likely N-dealkylation sites (N-methyl/N-ethyl adjacent to an activating group) is 1. The predicted molar refractivity (Wildman–Crippen MR) is 65.5 cm³/mol. The lowest BCUT2D eigenvalue weighted by atomic mass is 10.0. The number of nitrogens with two attached hydrogens (primary N) is 1. The molecule has 0 aromatic carbocycles. The van der Waals surface area contributed by atoms with Crippen LogP contribution < -0.4 is 16.0 Å². The van der Waals surface area contributed by atoms with Gasteiger partial charge in [0.15, 0.2) is 11.6 Å². The lowest BCUT2D eigenvalue weighted by molar-refractivity contribution is -0.122. The Balaban J connectivity index is 2.28. The standard InChI is InChI=1S/C11H17N5O/c1-13-11(17)8-4-2-3-7-16(8)10-9(12)14-5-6-15-10/h5-6,8H,2-4,7H2,1H3,(H2,12,14)(H,13,17). The van der Waals surface area contributed by atoms with Gasteiger partial charge in [-0.1, -0.05) is 0 Å². The van der Waals surface area contributed by atoms with Gasteiger partial charge in [0.1, 0.15) is 6.04 Å². The van der Waals surface area contributed by atoms with E-state index in [-0.39, 0.29) is 11.9 Å². The molecule has 17 heavy (non-hydrogen) atoms. The summed E-state index contributed by atoms with van der Waals surface area (Å²) < 4.78 is 0. The third-order valence-electron chi connectivity index (χ3n) is 3.03. The average Bonchev–Trinajstić information content (AvgIpc) is 2.38. The first-order chi connectivity index (χ1) is 8.24. The highest BCUT2D eigenvalue weighted by atomic mass is 16.2. The third kappa shape index (κ3) is 2.30. The van der Waals surface area contributed by atoms with E-state index in [0.717, 1.165) is 25.8 Å². The first kappa shape index (κ1) is 11.6. The molecule has 0 spiro atoms. The van der Waals surface area contributed by atoms with Crippen molar-refractivity contribution in [1.29, 1.82) is 0 Å². The largest absolute Gasteiger partial charge is 0.381 e. The Morgan fingerprint density at radius 3 is 2.94 bits per heavy atom. The third-order valence-corrected chi connectivity index (χ3v) is 3.03. The Hall–Kier alpha value is -1.85. The maximum Gasteiger partial charge on any atom is 0.242 e. The van der Waals surface area contributed by atoms with E-state index in [4.69, 9.17) is 5.73 Å². The summed E-state index contributed by atoms with van der Waals surface area (Å²) in [6, 6.07) is -0.187. The summed E-state index contributed by atoms with van der Waals surface area (Å²) in [5, 5.41) is 2.68. The summed E-state index contributed by atoms with van der Waals surface area (Å²) in [5.74, 6) is 0.999. The molecule has 1 aromatic rings. The van der Waals surface area contributed by atoms with Crippen LogP contribution in [0.3, 0.4) is 0 Å². The van der Waals surface area contributed by atoms with E-state index in [1.54, 1.807) is 19.4 Å². The van der Waals surface area contributed by atoms with Crippen LogP contribution in [0.1, 0.15) is 19.3 Å². The Kier molecular flexibility index (Phi) is 3.41. The molecule has 1 aliphatic heterocycles. The molecule has 1 unspecified atom stereocenters. The highest BCUT2D eigenvalue weighted by Crippen LogP contribution is 2.26. The SMILES string of the molecule is CNC(=O)C1CCCCN1c1nccnc1N. The van der Waals surface area contributed by atoms with Gasteiger partial charge in [0.25, 0.3) is 0 Å². The van der Waals surface area contributed by atoms with E-state index < -0.39 is 0 Å². The normalized spacial score (nSPS) is 20.1. The molecule has 3 N–H and O–H groups in total. The Bertz CT molecular complexity index is 409. The molecule has 0 bridgehead atoms. The Labute approximate surface area is 100 Å². The number of carbonyl (C=O) groups excluding carboxylic acids is 1. The molecule has 0 saturated carbocycles. The van der Waals surface area contributed by atoms with Gasteiger partial charge in [-0.05, 0) is 19.3 Å². The number of hydrogen-bond acceptors (Lipinski definition) is 5. The Morgan fingerprint density at radius 1 is 1.47 bits per heavy atom. The van der Waals surface area contributed by atoms with Crippen molar-refractivity contribution in [2.24, 2.45) is 0 Å². The number of hydrogen-bond donors (Lipinski definition) is 2. The van der Waals surface area contributed by atoms with Crippen LogP contribution in [0.2, 0.25) is 0 Å². The fourth-order valence-electron chi connectivity index (χ4n) is 2.19. The van der Waals surface area contributed by atoms with Gasteiger partial charge in [-0.15, -0.1) is 0 Å². The van der Waals surface area contributed by atoms with Gasteiger partial charge in [-0.3, -0.25) is 4.79 Å². The molecular formula is C11H17N5O. The predicted octanol–water partition coefficient (Wildman–Crippen LogP) is 0.164. The van der Waals surface area contributed by atoms with Crippen molar-refractivity contribution in [2.45, 2.75) is 25.3 Å². The Morgan fingerprint density at radius 2 is 2.24 bits per heavy atom. The maximum absolute atomic E-state index is 11.8. The molecule has 2 heterocycles. The van der Waals surface area contributed by atoms with E-state index in [0.29, 0.717) is 11.6 Å². The smallest absolute Gasteiger partial charge is 0.242 e. The summed E-state index contributed by atoms with van der Waals surface area (Å²) in [5.41, 5.74) is 5.81. The summed E-state index contributed by atoms with van der Waals surface area (Å²) in [6.07, 6.45) is 6.08. The summed E-state index contributed by atoms with van der Waals surface area (Å²) in [4.78, 5) is 22.0. The molecule has 1 atom stereocenters. The van der Waals surface area contributed by atoms with E-state index >= 15 is 0 Å². The number of nitrogens with one attached hydrogen (secondary N) is 1. The minimum atomic E-state index is -0.187. The number of amides is 1. The molecule has 1 saturated heterocycles. The van der Waals surface area contributed by atoms with E-state index in [1.165, 1.54) is 0 Å². The highest BCUT2D eigenvalue weighted by molar-refractivity contribution is 5.85. The van der Waals surface area contributed by atoms with Gasteiger partial charge in [0.05, 0.1) is 0 Å². The molecule has 6 heteroatoms. The second-order valence-electron chi connectivity index (χ2n) is 4.08. The second kappa shape index (κ2) is 4.99. The molecule has 1 fully saturated rings. The number of aromatic nitrogens is 2. The lowest BCUT2D eigenvalue weighted by Gasteiger charge is -2.35. The van der Waals surface area contributed by atoms with Crippen LogP contribution >= 0.6 is 0 Å². The van der Waals surface area contributed by atoms with Crippen molar-refractivity contribution in [1.82, 2.24) is 15.3 Å². The van der Waals surface area contributed by atoms with Crippen LogP contribution in [-0.2, 0) is 4.79 Å². The first-order valence-corrected chi connectivity index (χ1v) is 5.78. The van der Waals surface area contributed by atoms with Gasteiger partial charge in [-0.25, -0.2) is 9.97 Å². The molecule has 0 radical (unpaired) electrons. The number of nitrogen functional groups attached to an aromatic ring is 1. The number of rotatable bonds is 2. The summed E-state index contributed by atoms with van der Waals surface area (Å²) >= 11 is 0. The molecule has 92 valence electrons. The minimum absolute atomic E-state index is 0.00903. The second-order valence-corrected chi connectivity index (χ2v) is 4.08. The number of anilines is 2. The van der Waals surface area contributed by atoms with E-state index in [1.807, 2.05) is 4.90 Å². The molecule has 2 rings (SSSR count). The number of nitrogens with zero attached hydrogens (tertiary/aromatic N) is 3. The van der Waals surface area contributed by atoms with Gasteiger partial charge in [0.2, 0.25) is 5.91 Å². The van der Waals surface area contributed by atoms with Crippen LogP contribution in [0.25, 0.3) is 0 Å². The quantitative estimate of drug-likeness (QED) is 0.763. The molecule has 6 nitrogen and oxygen atoms in total. The van der Waals surface area contributed by atoms with Crippen LogP contribution in [0.4, 0.5) is 11.6 Å². The maximum atomic E-state index is 11.8. The van der Waals surface area contributed by atoms with Crippen molar-refractivity contribution >= 4 is 17.5 Å². The molecule has 1 amide bonds. The van der Waals surface area contributed by atoms with Crippen molar-refractivity contribution in [3.63, 3.8) is 0 Å². The number of carbonyl (C=O) groups is 1. The first-order valence-electron chi connectivity index (χ1n) is 5.78. The highest BCUT2D eigenvalue weighted by Gasteiger charge is 2.30. The van der Waals surface area contributed by atoms with Crippen molar-refractivity contribution in [2.75, 3.05) is 24.2 Å². The lowest BCUT2D eigenvalue weighted by Crippen LogP contribution is -2.49. The monoisotopic (exact) mass is 235 g/mol. The van der Waals surface area contributed by atoms with Crippen LogP contribution in [0.5, 0.6) is 0 Å². The van der Waals surface area contributed by atoms with E-state index in [9.17, 15) is 4.79 Å². The fraction of sp³-hybridized carbons (Fsp3) is 0.545. The zero-order valence-corrected chi connectivity index (χ0v) is 9.89. The van der Waals surface area contributed by atoms with Crippen LogP contribution in [0, 0.1) is 0 Å². The molecule has 0 aliphatic carbocycles. The van der Waals surface area contributed by atoms with Crippen molar-refractivity contribution < 1.29 is 4.79 Å². The van der Waals surface area contributed by atoms with E-state index in [2.05, 4.69) is 15.3 Å². The number of piperidine rings is 1. The van der Waals surface area contributed by atoms with Crippen LogP contribution in [0.15, 0.2) is 12.4 Å². The van der Waals surface area contributed by atoms with Crippen molar-refractivity contribution in [3.05, 3.63) is 12.4 Å². The molecule has 1 aliphatic rings. The minimum Gasteiger partial charge on any atom is -0.381 e. The van der Waals surface area contributed by atoms with Crippen molar-refractivity contribution in [3.8, 4) is 0 Å². The average molecular weight is 235 g/mol. The topological polar surface area (TPSA) is 84.1 Å². The summed E-state index contributed by atoms with van der Waals surface area (Å²) in [7, 11) is 1.65. The van der Waals surface area contributed by atoms with Gasteiger partial charge < -0.3 is 16.0 Å². The zero-order valence-electron chi connectivity index (χ0n) is 9.89. The summed E-state index contributed by atoms with van der Waals surface area (Å²) in [6.45, 7) is 0.793. The van der Waals surface area contributed by atoms with Crippen LogP contribution in [-0.4, -0.2) is 35.5 Å². The molecule has 1 aromatic heterocycles. The van der Waals surface area contributed by atoms with Gasteiger partial charge >= 0.3 is 0 Å².